The van der Waals surface area contributed by atoms with E-state index in [0.29, 0.717) is 34.0 Å². The molecule has 1 aliphatic rings. The Morgan fingerprint density at radius 1 is 1.30 bits per heavy atom. The van der Waals surface area contributed by atoms with Gasteiger partial charge in [0, 0.05) is 12.7 Å². The van der Waals surface area contributed by atoms with Gasteiger partial charge in [-0.05, 0) is 18.9 Å². The summed E-state index contributed by atoms with van der Waals surface area (Å²) in [6.45, 7) is 0.510. The molecule has 0 radical (unpaired) electrons. The summed E-state index contributed by atoms with van der Waals surface area (Å²) in [7, 11) is 0. The van der Waals surface area contributed by atoms with Gasteiger partial charge in [-0.2, -0.15) is 4.98 Å². The van der Waals surface area contributed by atoms with Crippen LogP contribution in [-0.2, 0) is 5.41 Å². The number of hydrogen-bond donors (Lipinski definition) is 1. The molecule has 0 bridgehead atoms. The number of hydrogen-bond acceptors (Lipinski definition) is 5. The fraction of sp³-hybridized carbons (Fsp3) is 0.462. The van der Waals surface area contributed by atoms with E-state index in [9.17, 15) is 0 Å². The highest BCUT2D eigenvalue weighted by molar-refractivity contribution is 6.35. The van der Waals surface area contributed by atoms with E-state index in [1.54, 1.807) is 6.07 Å². The molecule has 2 heterocycles. The Balaban J connectivity index is 1.97. The van der Waals surface area contributed by atoms with Crippen LogP contribution in [0, 0.1) is 0 Å². The number of nitrogens with two attached hydrogens (primary N) is 1. The van der Waals surface area contributed by atoms with Crippen molar-refractivity contribution in [2.75, 3.05) is 6.54 Å². The third-order valence-corrected chi connectivity index (χ3v) is 4.35. The highest BCUT2D eigenvalue weighted by atomic mass is 35.5. The lowest BCUT2D eigenvalue weighted by Gasteiger charge is -2.21. The lowest BCUT2D eigenvalue weighted by Crippen LogP contribution is -2.32. The summed E-state index contributed by atoms with van der Waals surface area (Å²) < 4.78 is 5.41. The quantitative estimate of drug-likeness (QED) is 0.941. The van der Waals surface area contributed by atoms with Gasteiger partial charge in [-0.25, -0.2) is 4.98 Å². The van der Waals surface area contributed by atoms with Crippen LogP contribution < -0.4 is 5.73 Å². The van der Waals surface area contributed by atoms with E-state index < -0.39 is 0 Å². The molecule has 1 fully saturated rings. The van der Waals surface area contributed by atoms with Gasteiger partial charge < -0.3 is 10.3 Å². The fourth-order valence-electron chi connectivity index (χ4n) is 2.67. The van der Waals surface area contributed by atoms with E-state index in [4.69, 9.17) is 33.5 Å². The Kier molecular flexibility index (Phi) is 3.67. The van der Waals surface area contributed by atoms with Crippen molar-refractivity contribution in [3.63, 3.8) is 0 Å². The first-order chi connectivity index (χ1) is 9.64. The lowest BCUT2D eigenvalue weighted by atomic mass is 9.86. The van der Waals surface area contributed by atoms with Crippen LogP contribution in [0.2, 0.25) is 10.0 Å². The lowest BCUT2D eigenvalue weighted by molar-refractivity contribution is 0.284. The number of halogens is 2. The van der Waals surface area contributed by atoms with E-state index in [1.165, 1.54) is 6.20 Å². The number of nitrogens with zero attached hydrogens (tertiary/aromatic N) is 3. The van der Waals surface area contributed by atoms with Gasteiger partial charge in [0.2, 0.25) is 11.7 Å². The van der Waals surface area contributed by atoms with Gasteiger partial charge in [0.25, 0.3) is 0 Å². The second-order valence-corrected chi connectivity index (χ2v) is 5.94. The molecule has 2 N–H and O–H groups in total. The van der Waals surface area contributed by atoms with Crippen molar-refractivity contribution in [1.82, 2.24) is 15.1 Å². The molecule has 7 heteroatoms. The Morgan fingerprint density at radius 2 is 2.05 bits per heavy atom. The molecule has 20 heavy (non-hydrogen) atoms. The minimum Gasteiger partial charge on any atom is -0.338 e. The molecule has 2 aromatic heterocycles. The smallest absolute Gasteiger partial charge is 0.234 e. The molecule has 0 aromatic carbocycles. The summed E-state index contributed by atoms with van der Waals surface area (Å²) in [6.07, 6.45) is 5.73. The van der Waals surface area contributed by atoms with Crippen LogP contribution in [0.4, 0.5) is 0 Å². The van der Waals surface area contributed by atoms with Crippen molar-refractivity contribution < 1.29 is 4.52 Å². The Bertz CT molecular complexity index is 623. The number of rotatable bonds is 3. The normalized spacial score (nSPS) is 17.6. The van der Waals surface area contributed by atoms with Crippen LogP contribution in [0.3, 0.4) is 0 Å². The van der Waals surface area contributed by atoms with Crippen LogP contribution in [0.25, 0.3) is 11.5 Å². The van der Waals surface area contributed by atoms with Gasteiger partial charge in [-0.1, -0.05) is 41.2 Å². The molecule has 2 aromatic rings. The average molecular weight is 313 g/mol. The predicted molar refractivity (Wildman–Crippen MR) is 76.7 cm³/mol. The van der Waals surface area contributed by atoms with E-state index in [0.717, 1.165) is 25.7 Å². The predicted octanol–water partition coefficient (Wildman–Crippen LogP) is 3.21. The third kappa shape index (κ3) is 2.30. The molecule has 0 saturated heterocycles. The van der Waals surface area contributed by atoms with Crippen molar-refractivity contribution in [2.45, 2.75) is 31.1 Å². The van der Waals surface area contributed by atoms with Gasteiger partial charge in [0.05, 0.1) is 15.5 Å². The van der Waals surface area contributed by atoms with Gasteiger partial charge in [0.1, 0.15) is 5.69 Å². The number of pyridine rings is 1. The summed E-state index contributed by atoms with van der Waals surface area (Å²) in [5.74, 6) is 0.960. The van der Waals surface area contributed by atoms with Crippen LogP contribution in [0.15, 0.2) is 16.8 Å². The Morgan fingerprint density at radius 3 is 2.70 bits per heavy atom. The maximum Gasteiger partial charge on any atom is 0.234 e. The second kappa shape index (κ2) is 5.31. The van der Waals surface area contributed by atoms with Crippen LogP contribution in [0.1, 0.15) is 31.6 Å². The molecule has 0 aliphatic heterocycles. The maximum atomic E-state index is 6.11. The monoisotopic (exact) mass is 312 g/mol. The molecular weight excluding hydrogens is 299 g/mol. The topological polar surface area (TPSA) is 77.8 Å². The van der Waals surface area contributed by atoms with Crippen molar-refractivity contribution in [2.24, 2.45) is 5.73 Å². The Labute approximate surface area is 126 Å². The van der Waals surface area contributed by atoms with Gasteiger partial charge in [0.15, 0.2) is 0 Å². The third-order valence-electron chi connectivity index (χ3n) is 3.85. The van der Waals surface area contributed by atoms with E-state index in [1.807, 2.05) is 0 Å². The van der Waals surface area contributed by atoms with Gasteiger partial charge in [-0.15, -0.1) is 0 Å². The zero-order chi connectivity index (χ0) is 14.2. The molecule has 1 aliphatic carbocycles. The van der Waals surface area contributed by atoms with Gasteiger partial charge >= 0.3 is 0 Å². The van der Waals surface area contributed by atoms with E-state index in [2.05, 4.69) is 15.1 Å². The van der Waals surface area contributed by atoms with E-state index >= 15 is 0 Å². The van der Waals surface area contributed by atoms with Crippen molar-refractivity contribution >= 4 is 23.2 Å². The molecule has 3 rings (SSSR count). The molecule has 106 valence electrons. The molecule has 5 nitrogen and oxygen atoms in total. The first-order valence-corrected chi connectivity index (χ1v) is 7.26. The largest absolute Gasteiger partial charge is 0.338 e. The zero-order valence-electron chi connectivity index (χ0n) is 10.8. The molecule has 0 atom stereocenters. The highest BCUT2D eigenvalue weighted by Crippen LogP contribution is 2.40. The van der Waals surface area contributed by atoms with Crippen LogP contribution >= 0.6 is 23.2 Å². The van der Waals surface area contributed by atoms with Gasteiger partial charge in [-0.3, -0.25) is 0 Å². The number of aromatic nitrogens is 3. The minimum atomic E-state index is -0.190. The summed E-state index contributed by atoms with van der Waals surface area (Å²) in [5, 5.41) is 4.85. The first kappa shape index (κ1) is 13.8. The van der Waals surface area contributed by atoms with Crippen molar-refractivity contribution in [3.05, 3.63) is 28.2 Å². The summed E-state index contributed by atoms with van der Waals surface area (Å²) >= 11 is 11.9. The Hall–Kier alpha value is -1.17. The maximum absolute atomic E-state index is 6.11. The van der Waals surface area contributed by atoms with Crippen molar-refractivity contribution in [3.8, 4) is 11.5 Å². The second-order valence-electron chi connectivity index (χ2n) is 5.10. The van der Waals surface area contributed by atoms with E-state index in [-0.39, 0.29) is 5.41 Å². The zero-order valence-corrected chi connectivity index (χ0v) is 12.3. The van der Waals surface area contributed by atoms with Crippen molar-refractivity contribution in [1.29, 1.82) is 0 Å². The SMILES string of the molecule is NCC1(c2nc(-c3ncc(Cl)cc3Cl)no2)CCCC1. The first-order valence-electron chi connectivity index (χ1n) is 6.50. The summed E-state index contributed by atoms with van der Waals surface area (Å²) in [6, 6.07) is 1.61. The molecule has 1 saturated carbocycles. The summed E-state index contributed by atoms with van der Waals surface area (Å²) in [5.41, 5.74) is 6.19. The molecule has 0 spiro atoms. The molecular formula is C13H14Cl2N4O. The minimum absolute atomic E-state index is 0.190. The average Bonchev–Trinajstić information content (AvgIpc) is 3.08. The highest BCUT2D eigenvalue weighted by Gasteiger charge is 2.39. The standard InChI is InChI=1S/C13H14Cl2N4O/c14-8-5-9(15)10(17-6-8)11-18-12(20-19-11)13(7-16)3-1-2-4-13/h5-6H,1-4,7,16H2. The fourth-order valence-corrected chi connectivity index (χ4v) is 3.14. The molecule has 0 amide bonds. The van der Waals surface area contributed by atoms with Crippen LogP contribution in [-0.4, -0.2) is 21.7 Å². The van der Waals surface area contributed by atoms with Crippen LogP contribution in [0.5, 0.6) is 0 Å². The summed E-state index contributed by atoms with van der Waals surface area (Å²) in [4.78, 5) is 8.60. The molecule has 0 unspecified atom stereocenters.